The molecule has 0 amide bonds. The van der Waals surface area contributed by atoms with Gasteiger partial charge in [-0.3, -0.25) is 4.79 Å². The largest absolute Gasteiger partial charge is 0.492 e. The summed E-state index contributed by atoms with van der Waals surface area (Å²) in [6.07, 6.45) is 0. The van der Waals surface area contributed by atoms with Crippen molar-refractivity contribution < 1.29 is 14.6 Å². The first-order valence-electron chi connectivity index (χ1n) is 6.92. The van der Waals surface area contributed by atoms with Crippen LogP contribution in [-0.2, 0) is 4.79 Å². The molecule has 3 nitrogen and oxygen atoms in total. The molecule has 2 aromatic carbocycles. The van der Waals surface area contributed by atoms with Crippen LogP contribution in [0.4, 0.5) is 0 Å². The Morgan fingerprint density at radius 1 is 1.10 bits per heavy atom. The summed E-state index contributed by atoms with van der Waals surface area (Å²) in [6, 6.07) is 16.0. The van der Waals surface area contributed by atoms with E-state index in [1.54, 1.807) is 13.8 Å². The van der Waals surface area contributed by atoms with Crippen molar-refractivity contribution in [3.05, 3.63) is 54.1 Å². The zero-order valence-corrected chi connectivity index (χ0v) is 12.6. The number of carboxylic acid groups (broad SMARTS) is 1. The third kappa shape index (κ3) is 3.85. The maximum absolute atomic E-state index is 11.0. The van der Waals surface area contributed by atoms with Crippen LogP contribution in [0.5, 0.6) is 5.75 Å². The van der Waals surface area contributed by atoms with Crippen molar-refractivity contribution in [3.8, 4) is 16.9 Å². The second-order valence-electron chi connectivity index (χ2n) is 5.87. The summed E-state index contributed by atoms with van der Waals surface area (Å²) < 4.78 is 5.57. The van der Waals surface area contributed by atoms with E-state index in [2.05, 4.69) is 25.1 Å². The lowest BCUT2D eigenvalue weighted by atomic mass is 9.95. The van der Waals surface area contributed by atoms with Gasteiger partial charge in [0.05, 0.1) is 5.41 Å². The Hall–Kier alpha value is -2.29. The molecule has 2 rings (SSSR count). The molecule has 0 saturated carbocycles. The van der Waals surface area contributed by atoms with E-state index in [1.165, 1.54) is 5.56 Å². The lowest BCUT2D eigenvalue weighted by Crippen LogP contribution is -2.30. The van der Waals surface area contributed by atoms with Crippen LogP contribution in [0.2, 0.25) is 0 Å². The molecule has 0 fully saturated rings. The van der Waals surface area contributed by atoms with Crippen LogP contribution in [0.1, 0.15) is 19.4 Å². The van der Waals surface area contributed by atoms with E-state index in [0.717, 1.165) is 11.1 Å². The van der Waals surface area contributed by atoms with E-state index >= 15 is 0 Å². The van der Waals surface area contributed by atoms with Gasteiger partial charge in [0.1, 0.15) is 12.4 Å². The molecule has 0 aliphatic heterocycles. The molecule has 0 atom stereocenters. The van der Waals surface area contributed by atoms with Crippen molar-refractivity contribution in [2.75, 3.05) is 6.61 Å². The van der Waals surface area contributed by atoms with E-state index in [-0.39, 0.29) is 6.61 Å². The molecule has 0 radical (unpaired) electrons. The fraction of sp³-hybridized carbons (Fsp3) is 0.278. The van der Waals surface area contributed by atoms with Crippen LogP contribution in [0, 0.1) is 12.3 Å². The van der Waals surface area contributed by atoms with Gasteiger partial charge < -0.3 is 9.84 Å². The van der Waals surface area contributed by atoms with Crippen molar-refractivity contribution in [1.29, 1.82) is 0 Å². The minimum absolute atomic E-state index is 0.145. The first-order valence-corrected chi connectivity index (χ1v) is 6.92. The average Bonchev–Trinajstić information content (AvgIpc) is 2.45. The second kappa shape index (κ2) is 6.00. The van der Waals surface area contributed by atoms with Crippen molar-refractivity contribution >= 4 is 5.97 Å². The molecular formula is C18H20O3. The summed E-state index contributed by atoms with van der Waals surface area (Å²) in [6.45, 7) is 5.51. The van der Waals surface area contributed by atoms with Gasteiger partial charge in [-0.1, -0.05) is 42.0 Å². The molecule has 0 heterocycles. The molecule has 21 heavy (non-hydrogen) atoms. The van der Waals surface area contributed by atoms with Crippen LogP contribution in [0.15, 0.2) is 48.5 Å². The zero-order valence-electron chi connectivity index (χ0n) is 12.6. The molecule has 3 heteroatoms. The van der Waals surface area contributed by atoms with Crippen LogP contribution in [-0.4, -0.2) is 17.7 Å². The highest BCUT2D eigenvalue weighted by atomic mass is 16.5. The monoisotopic (exact) mass is 284 g/mol. The molecule has 0 aliphatic carbocycles. The van der Waals surface area contributed by atoms with Gasteiger partial charge in [0.25, 0.3) is 0 Å². The summed E-state index contributed by atoms with van der Waals surface area (Å²) in [5.41, 5.74) is 2.60. The molecule has 0 saturated heterocycles. The third-order valence-electron chi connectivity index (χ3n) is 3.38. The van der Waals surface area contributed by atoms with E-state index < -0.39 is 11.4 Å². The molecule has 110 valence electrons. The fourth-order valence-electron chi connectivity index (χ4n) is 1.89. The topological polar surface area (TPSA) is 46.5 Å². The van der Waals surface area contributed by atoms with Gasteiger partial charge >= 0.3 is 5.97 Å². The highest BCUT2D eigenvalue weighted by Crippen LogP contribution is 2.24. The lowest BCUT2D eigenvalue weighted by Gasteiger charge is -2.19. The number of rotatable bonds is 5. The summed E-state index contributed by atoms with van der Waals surface area (Å²) >= 11 is 0. The number of hydrogen-bond acceptors (Lipinski definition) is 2. The molecule has 0 spiro atoms. The smallest absolute Gasteiger partial charge is 0.312 e. The molecule has 0 unspecified atom stereocenters. The molecular weight excluding hydrogens is 264 g/mol. The van der Waals surface area contributed by atoms with Crippen molar-refractivity contribution in [2.24, 2.45) is 5.41 Å². The Morgan fingerprint density at radius 2 is 1.76 bits per heavy atom. The van der Waals surface area contributed by atoms with Gasteiger partial charge in [-0.05, 0) is 44.0 Å². The number of carboxylic acids is 1. The van der Waals surface area contributed by atoms with Crippen LogP contribution in [0.3, 0.4) is 0 Å². The Labute approximate surface area is 125 Å². The number of carbonyl (C=O) groups is 1. The first kappa shape index (κ1) is 15.1. The average molecular weight is 284 g/mol. The summed E-state index contributed by atoms with van der Waals surface area (Å²) in [4.78, 5) is 11.0. The summed E-state index contributed by atoms with van der Waals surface area (Å²) in [5, 5.41) is 9.06. The molecule has 0 aliphatic rings. The number of aryl methyl sites for hydroxylation is 1. The highest BCUT2D eigenvalue weighted by molar-refractivity contribution is 5.73. The molecule has 2 aromatic rings. The fourth-order valence-corrected chi connectivity index (χ4v) is 1.89. The Bertz CT molecular complexity index is 627. The Morgan fingerprint density at radius 3 is 2.33 bits per heavy atom. The number of benzene rings is 2. The van der Waals surface area contributed by atoms with E-state index in [0.29, 0.717) is 5.75 Å². The standard InChI is InChI=1S/C18H20O3/c1-13-5-4-6-15(11-13)14-7-9-16(10-8-14)21-12-18(2,3)17(19)20/h4-11H,12H2,1-3H3,(H,19,20). The zero-order chi connectivity index (χ0) is 15.5. The maximum atomic E-state index is 11.0. The second-order valence-corrected chi connectivity index (χ2v) is 5.87. The van der Waals surface area contributed by atoms with E-state index in [1.807, 2.05) is 30.3 Å². The van der Waals surface area contributed by atoms with Crippen LogP contribution >= 0.6 is 0 Å². The van der Waals surface area contributed by atoms with Crippen LogP contribution in [0.25, 0.3) is 11.1 Å². The van der Waals surface area contributed by atoms with Crippen molar-refractivity contribution in [3.63, 3.8) is 0 Å². The predicted molar refractivity (Wildman–Crippen MR) is 83.5 cm³/mol. The normalized spacial score (nSPS) is 11.2. The van der Waals surface area contributed by atoms with Gasteiger partial charge in [-0.2, -0.15) is 0 Å². The minimum Gasteiger partial charge on any atom is -0.492 e. The van der Waals surface area contributed by atoms with Gasteiger partial charge in [0, 0.05) is 0 Å². The number of ether oxygens (including phenoxy) is 1. The molecule has 1 N–H and O–H groups in total. The SMILES string of the molecule is Cc1cccc(-c2ccc(OCC(C)(C)C(=O)O)cc2)c1. The number of hydrogen-bond donors (Lipinski definition) is 1. The molecule has 0 aromatic heterocycles. The Kier molecular flexibility index (Phi) is 4.32. The van der Waals surface area contributed by atoms with Crippen molar-refractivity contribution in [1.82, 2.24) is 0 Å². The quantitative estimate of drug-likeness (QED) is 0.897. The summed E-state index contributed by atoms with van der Waals surface area (Å²) in [7, 11) is 0. The van der Waals surface area contributed by atoms with Gasteiger partial charge in [-0.15, -0.1) is 0 Å². The van der Waals surface area contributed by atoms with Crippen molar-refractivity contribution in [2.45, 2.75) is 20.8 Å². The third-order valence-corrected chi connectivity index (χ3v) is 3.38. The lowest BCUT2D eigenvalue weighted by molar-refractivity contribution is -0.148. The number of aliphatic carboxylic acids is 1. The van der Waals surface area contributed by atoms with E-state index in [4.69, 9.17) is 9.84 Å². The summed E-state index contributed by atoms with van der Waals surface area (Å²) in [5.74, 6) is -0.181. The molecule has 0 bridgehead atoms. The van der Waals surface area contributed by atoms with E-state index in [9.17, 15) is 4.79 Å². The first-order chi connectivity index (χ1) is 9.88. The maximum Gasteiger partial charge on any atom is 0.312 e. The van der Waals surface area contributed by atoms with Gasteiger partial charge in [-0.25, -0.2) is 0 Å². The van der Waals surface area contributed by atoms with Gasteiger partial charge in [0.15, 0.2) is 0 Å². The highest BCUT2D eigenvalue weighted by Gasteiger charge is 2.28. The minimum atomic E-state index is -0.894. The Balaban J connectivity index is 2.08. The van der Waals surface area contributed by atoms with Gasteiger partial charge in [0.2, 0.25) is 0 Å². The van der Waals surface area contributed by atoms with Crippen LogP contribution < -0.4 is 4.74 Å². The predicted octanol–water partition coefficient (Wildman–Crippen LogP) is 4.15.